The van der Waals surface area contributed by atoms with E-state index in [-0.39, 0.29) is 0 Å². The maximum absolute atomic E-state index is 4.40. The molecule has 4 nitrogen and oxygen atoms in total. The predicted molar refractivity (Wildman–Crippen MR) is 86.7 cm³/mol. The molecule has 0 spiro atoms. The fraction of sp³-hybridized carbons (Fsp3) is 0.625. The third-order valence-electron chi connectivity index (χ3n) is 4.36. The van der Waals surface area contributed by atoms with Crippen LogP contribution in [0.5, 0.6) is 0 Å². The minimum atomic E-state index is 0.435. The highest BCUT2D eigenvalue weighted by molar-refractivity contribution is 7.10. The van der Waals surface area contributed by atoms with E-state index < -0.39 is 0 Å². The topological polar surface area (TPSA) is 34.0 Å². The van der Waals surface area contributed by atoms with Crippen molar-refractivity contribution in [1.82, 2.24) is 19.7 Å². The summed E-state index contributed by atoms with van der Waals surface area (Å²) in [6.45, 7) is 9.98. The Morgan fingerprint density at radius 2 is 2.29 bits per heavy atom. The molecule has 2 aromatic heterocycles. The summed E-state index contributed by atoms with van der Waals surface area (Å²) in [6, 6.07) is 2.65. The van der Waals surface area contributed by atoms with Gasteiger partial charge in [-0.15, -0.1) is 21.5 Å². The molecule has 1 atom stereocenters. The number of aryl methyl sites for hydroxylation is 1. The maximum atomic E-state index is 4.40. The molecule has 1 aliphatic heterocycles. The van der Waals surface area contributed by atoms with Gasteiger partial charge in [0, 0.05) is 29.9 Å². The van der Waals surface area contributed by atoms with Gasteiger partial charge in [0.1, 0.15) is 12.2 Å². The molecular formula is C16H24N4S. The Kier molecular flexibility index (Phi) is 4.40. The van der Waals surface area contributed by atoms with Gasteiger partial charge in [0.15, 0.2) is 0 Å². The third kappa shape index (κ3) is 3.19. The first-order valence-electron chi connectivity index (χ1n) is 7.80. The smallest absolute Gasteiger partial charge is 0.137 e. The molecule has 5 heteroatoms. The highest BCUT2D eigenvalue weighted by atomic mass is 32.1. The van der Waals surface area contributed by atoms with Gasteiger partial charge in [0.2, 0.25) is 0 Å². The van der Waals surface area contributed by atoms with Gasteiger partial charge in [-0.05, 0) is 57.2 Å². The number of likely N-dealkylation sites (tertiary alicyclic amines) is 1. The van der Waals surface area contributed by atoms with Crippen molar-refractivity contribution in [3.8, 4) is 0 Å². The average molecular weight is 304 g/mol. The van der Waals surface area contributed by atoms with E-state index in [1.54, 1.807) is 0 Å². The van der Waals surface area contributed by atoms with Crippen molar-refractivity contribution in [3.05, 3.63) is 34.0 Å². The lowest BCUT2D eigenvalue weighted by Gasteiger charge is -2.32. The van der Waals surface area contributed by atoms with Crippen LogP contribution in [0, 0.1) is 6.92 Å². The summed E-state index contributed by atoms with van der Waals surface area (Å²) in [6.07, 6.45) is 4.35. The van der Waals surface area contributed by atoms with Crippen molar-refractivity contribution < 1.29 is 0 Å². The lowest BCUT2D eigenvalue weighted by molar-refractivity contribution is 0.195. The van der Waals surface area contributed by atoms with Crippen molar-refractivity contribution >= 4 is 11.3 Å². The van der Waals surface area contributed by atoms with E-state index in [2.05, 4.69) is 51.9 Å². The Labute approximate surface area is 130 Å². The van der Waals surface area contributed by atoms with Gasteiger partial charge >= 0.3 is 0 Å². The van der Waals surface area contributed by atoms with Crippen LogP contribution in [0.3, 0.4) is 0 Å². The Morgan fingerprint density at radius 3 is 3.00 bits per heavy atom. The third-order valence-corrected chi connectivity index (χ3v) is 5.37. The summed E-state index contributed by atoms with van der Waals surface area (Å²) in [4.78, 5) is 4.08. The van der Waals surface area contributed by atoms with Crippen LogP contribution < -0.4 is 0 Å². The van der Waals surface area contributed by atoms with Gasteiger partial charge in [-0.3, -0.25) is 4.90 Å². The summed E-state index contributed by atoms with van der Waals surface area (Å²) in [7, 11) is 0. The van der Waals surface area contributed by atoms with Gasteiger partial charge in [0.25, 0.3) is 0 Å². The van der Waals surface area contributed by atoms with E-state index in [1.807, 2.05) is 17.7 Å². The van der Waals surface area contributed by atoms with Crippen LogP contribution in [-0.2, 0) is 6.54 Å². The summed E-state index contributed by atoms with van der Waals surface area (Å²) >= 11 is 1.88. The molecule has 114 valence electrons. The molecule has 1 fully saturated rings. The molecule has 21 heavy (non-hydrogen) atoms. The highest BCUT2D eigenvalue weighted by Gasteiger charge is 2.26. The van der Waals surface area contributed by atoms with Crippen LogP contribution in [0.4, 0.5) is 0 Å². The minimum Gasteiger partial charge on any atom is -0.315 e. The molecule has 0 saturated carbocycles. The van der Waals surface area contributed by atoms with Crippen molar-refractivity contribution in [2.24, 2.45) is 0 Å². The van der Waals surface area contributed by atoms with Crippen LogP contribution in [0.15, 0.2) is 17.8 Å². The highest BCUT2D eigenvalue weighted by Crippen LogP contribution is 2.29. The van der Waals surface area contributed by atoms with Crippen LogP contribution in [0.2, 0.25) is 0 Å². The van der Waals surface area contributed by atoms with Crippen molar-refractivity contribution in [1.29, 1.82) is 0 Å². The molecule has 2 aromatic rings. The van der Waals surface area contributed by atoms with Gasteiger partial charge in [-0.1, -0.05) is 0 Å². The van der Waals surface area contributed by atoms with Gasteiger partial charge < -0.3 is 4.57 Å². The Hall–Kier alpha value is -1.20. The van der Waals surface area contributed by atoms with E-state index >= 15 is 0 Å². The molecule has 0 aliphatic carbocycles. The zero-order valence-corrected chi connectivity index (χ0v) is 13.9. The fourth-order valence-corrected chi connectivity index (χ4v) is 4.07. The maximum Gasteiger partial charge on any atom is 0.137 e. The molecule has 0 bridgehead atoms. The number of hydrogen-bond acceptors (Lipinski definition) is 4. The lowest BCUT2D eigenvalue weighted by atomic mass is 9.96. The standard InChI is InChI=1S/C16H24N4S/c1-12(2)20-11-17-18-16(20)14-5-4-7-19(9-14)10-15-13(3)6-8-21-15/h6,8,11-12,14H,4-5,7,9-10H2,1-3H3. The second-order valence-electron chi connectivity index (χ2n) is 6.29. The lowest BCUT2D eigenvalue weighted by Crippen LogP contribution is -2.35. The van der Waals surface area contributed by atoms with Crippen LogP contribution in [0.25, 0.3) is 0 Å². The number of thiophene rings is 1. The van der Waals surface area contributed by atoms with E-state index in [1.165, 1.54) is 29.8 Å². The van der Waals surface area contributed by atoms with E-state index in [9.17, 15) is 0 Å². The molecule has 1 aliphatic rings. The fourth-order valence-electron chi connectivity index (χ4n) is 3.12. The van der Waals surface area contributed by atoms with Crippen molar-refractivity contribution in [2.45, 2.75) is 52.1 Å². The number of rotatable bonds is 4. The Bertz CT molecular complexity index is 587. The quantitative estimate of drug-likeness (QED) is 0.865. The molecule has 1 unspecified atom stereocenters. The van der Waals surface area contributed by atoms with Crippen molar-refractivity contribution in [3.63, 3.8) is 0 Å². The molecule has 1 saturated heterocycles. The van der Waals surface area contributed by atoms with E-state index in [4.69, 9.17) is 0 Å². The molecular weight excluding hydrogens is 280 g/mol. The van der Waals surface area contributed by atoms with E-state index in [0.29, 0.717) is 12.0 Å². The molecule has 0 amide bonds. The first-order valence-corrected chi connectivity index (χ1v) is 8.68. The molecule has 0 N–H and O–H groups in total. The monoisotopic (exact) mass is 304 g/mol. The SMILES string of the molecule is Cc1ccsc1CN1CCCC(c2nncn2C(C)C)C1. The first kappa shape index (κ1) is 14.7. The van der Waals surface area contributed by atoms with Crippen molar-refractivity contribution in [2.75, 3.05) is 13.1 Å². The van der Waals surface area contributed by atoms with E-state index in [0.717, 1.165) is 18.9 Å². The van der Waals surface area contributed by atoms with Gasteiger partial charge in [0.05, 0.1) is 0 Å². The second kappa shape index (κ2) is 6.28. The van der Waals surface area contributed by atoms with Crippen LogP contribution in [0.1, 0.15) is 54.9 Å². The number of aromatic nitrogens is 3. The minimum absolute atomic E-state index is 0.435. The molecule has 0 aromatic carbocycles. The molecule has 0 radical (unpaired) electrons. The summed E-state index contributed by atoms with van der Waals surface area (Å²) in [5.74, 6) is 1.68. The van der Waals surface area contributed by atoms with Crippen LogP contribution in [-0.4, -0.2) is 32.8 Å². The number of nitrogens with zero attached hydrogens (tertiary/aromatic N) is 4. The average Bonchev–Trinajstić information content (AvgIpc) is 3.09. The first-order chi connectivity index (χ1) is 10.1. The summed E-state index contributed by atoms with van der Waals surface area (Å²) in [5, 5.41) is 10.7. The zero-order valence-electron chi connectivity index (χ0n) is 13.1. The second-order valence-corrected chi connectivity index (χ2v) is 7.29. The largest absolute Gasteiger partial charge is 0.315 e. The summed E-state index contributed by atoms with van der Waals surface area (Å²) < 4.78 is 2.23. The number of piperidine rings is 1. The normalized spacial score (nSPS) is 20.3. The Morgan fingerprint density at radius 1 is 1.43 bits per heavy atom. The molecule has 3 heterocycles. The summed E-state index contributed by atoms with van der Waals surface area (Å²) in [5.41, 5.74) is 1.42. The van der Waals surface area contributed by atoms with Gasteiger partial charge in [-0.25, -0.2) is 0 Å². The Balaban J connectivity index is 1.71. The number of hydrogen-bond donors (Lipinski definition) is 0. The van der Waals surface area contributed by atoms with Crippen LogP contribution >= 0.6 is 11.3 Å². The predicted octanol–water partition coefficient (Wildman–Crippen LogP) is 3.61. The molecule has 3 rings (SSSR count). The zero-order chi connectivity index (χ0) is 14.8. The van der Waals surface area contributed by atoms with Gasteiger partial charge in [-0.2, -0.15) is 0 Å².